The van der Waals surface area contributed by atoms with E-state index in [0.717, 1.165) is 16.3 Å². The summed E-state index contributed by atoms with van der Waals surface area (Å²) in [5.41, 5.74) is 2.06. The van der Waals surface area contributed by atoms with Crippen LogP contribution in [0.1, 0.15) is 15.9 Å². The zero-order valence-corrected chi connectivity index (χ0v) is 14.3. The second kappa shape index (κ2) is 6.48. The fourth-order valence-electron chi connectivity index (χ4n) is 3.15. The molecule has 0 unspecified atom stereocenters. The number of carbonyl (C=O) groups is 2. The molecule has 2 aromatic carbocycles. The molecule has 1 aliphatic heterocycles. The Morgan fingerprint density at radius 1 is 1.19 bits per heavy atom. The highest BCUT2D eigenvalue weighted by Crippen LogP contribution is 2.24. The van der Waals surface area contributed by atoms with Crippen molar-refractivity contribution >= 4 is 34.1 Å². The van der Waals surface area contributed by atoms with Crippen LogP contribution in [0.3, 0.4) is 0 Å². The summed E-state index contributed by atoms with van der Waals surface area (Å²) in [6, 6.07) is 15.9. The van der Waals surface area contributed by atoms with E-state index in [1.54, 1.807) is 18.0 Å². The van der Waals surface area contributed by atoms with Crippen LogP contribution >= 0.6 is 0 Å². The van der Waals surface area contributed by atoms with E-state index in [0.29, 0.717) is 23.6 Å². The van der Waals surface area contributed by atoms with Gasteiger partial charge in [-0.25, -0.2) is 4.98 Å². The molecule has 0 bridgehead atoms. The average molecular weight is 346 g/mol. The van der Waals surface area contributed by atoms with Crippen molar-refractivity contribution in [2.75, 3.05) is 24.2 Å². The predicted octanol–water partition coefficient (Wildman–Crippen LogP) is 2.87. The van der Waals surface area contributed by atoms with Crippen molar-refractivity contribution in [2.45, 2.75) is 6.54 Å². The van der Waals surface area contributed by atoms with E-state index in [1.807, 2.05) is 24.3 Å². The molecule has 0 fully saturated rings. The molecule has 0 atom stereocenters. The molecule has 130 valence electrons. The summed E-state index contributed by atoms with van der Waals surface area (Å²) in [7, 11) is 1.76. The Balaban J connectivity index is 1.58. The summed E-state index contributed by atoms with van der Waals surface area (Å²) in [4.78, 5) is 30.2. The Kier molecular flexibility index (Phi) is 4.01. The Bertz CT molecular complexity index is 1010. The molecule has 2 amide bonds. The number of benzene rings is 2. The van der Waals surface area contributed by atoms with Gasteiger partial charge in [0.1, 0.15) is 5.82 Å². The van der Waals surface area contributed by atoms with Crippen LogP contribution in [0, 0.1) is 0 Å². The molecule has 6 nitrogen and oxygen atoms in total. The maximum Gasteiger partial charge on any atom is 0.255 e. The van der Waals surface area contributed by atoms with Crippen LogP contribution in [0.5, 0.6) is 0 Å². The van der Waals surface area contributed by atoms with E-state index in [2.05, 4.69) is 33.8 Å². The Hall–Kier alpha value is -3.41. The average Bonchev–Trinajstić information content (AvgIpc) is 2.67. The van der Waals surface area contributed by atoms with E-state index in [4.69, 9.17) is 0 Å². The fraction of sp³-hybridized carbons (Fsp3) is 0.150. The van der Waals surface area contributed by atoms with Gasteiger partial charge < -0.3 is 15.5 Å². The number of nitrogens with one attached hydrogen (secondary N) is 2. The molecular formula is C20H18N4O2. The van der Waals surface area contributed by atoms with Crippen molar-refractivity contribution in [3.8, 4) is 0 Å². The van der Waals surface area contributed by atoms with E-state index in [1.165, 1.54) is 6.20 Å². The summed E-state index contributed by atoms with van der Waals surface area (Å²) in [6.45, 7) is 0.677. The van der Waals surface area contributed by atoms with Gasteiger partial charge in [0.15, 0.2) is 0 Å². The lowest BCUT2D eigenvalue weighted by Gasteiger charge is -2.21. The number of fused-ring (bicyclic) bond motifs is 2. The third-order valence-electron chi connectivity index (χ3n) is 4.46. The molecule has 0 saturated carbocycles. The zero-order valence-electron chi connectivity index (χ0n) is 14.3. The second-order valence-corrected chi connectivity index (χ2v) is 6.32. The van der Waals surface area contributed by atoms with Gasteiger partial charge in [0.05, 0.1) is 17.8 Å². The maximum atomic E-state index is 12.8. The highest BCUT2D eigenvalue weighted by molar-refractivity contribution is 6.02. The highest BCUT2D eigenvalue weighted by atomic mass is 16.2. The molecule has 2 heterocycles. The summed E-state index contributed by atoms with van der Waals surface area (Å²) >= 11 is 0. The largest absolute Gasteiger partial charge is 0.359 e. The molecule has 1 aromatic heterocycles. The first kappa shape index (κ1) is 16.1. The van der Waals surface area contributed by atoms with Gasteiger partial charge in [-0.3, -0.25) is 9.59 Å². The molecule has 3 aromatic rings. The minimum Gasteiger partial charge on any atom is -0.359 e. The lowest BCUT2D eigenvalue weighted by atomic mass is 10.0. The van der Waals surface area contributed by atoms with Crippen LogP contribution in [0.2, 0.25) is 0 Å². The van der Waals surface area contributed by atoms with Gasteiger partial charge in [-0.2, -0.15) is 0 Å². The number of pyridine rings is 1. The minimum absolute atomic E-state index is 0.145. The number of hydrogen-bond acceptors (Lipinski definition) is 4. The van der Waals surface area contributed by atoms with Crippen LogP contribution < -0.4 is 10.6 Å². The third kappa shape index (κ3) is 2.97. The molecule has 26 heavy (non-hydrogen) atoms. The Morgan fingerprint density at radius 2 is 2.00 bits per heavy atom. The van der Waals surface area contributed by atoms with E-state index in [-0.39, 0.29) is 18.4 Å². The van der Waals surface area contributed by atoms with E-state index >= 15 is 0 Å². The first-order valence-corrected chi connectivity index (χ1v) is 8.38. The summed E-state index contributed by atoms with van der Waals surface area (Å²) in [6.07, 6.45) is 1.53. The van der Waals surface area contributed by atoms with Crippen LogP contribution in [0.15, 0.2) is 54.7 Å². The van der Waals surface area contributed by atoms with Gasteiger partial charge in [0.2, 0.25) is 5.91 Å². The first-order valence-electron chi connectivity index (χ1n) is 8.38. The molecule has 4 rings (SSSR count). The van der Waals surface area contributed by atoms with E-state index in [9.17, 15) is 9.59 Å². The molecular weight excluding hydrogens is 328 g/mol. The van der Waals surface area contributed by atoms with Gasteiger partial charge in [0.25, 0.3) is 5.91 Å². The van der Waals surface area contributed by atoms with Crippen molar-refractivity contribution in [3.63, 3.8) is 0 Å². The standard InChI is InChI=1S/C20H18N4O2/c1-24(12-14-7-4-6-13-5-2-3-8-16(13)14)20(26)15-9-17-19(21-10-15)22-11-18(25)23-17/h2-10H,11-12H2,1H3,(H,21,22)(H,23,25). The monoisotopic (exact) mass is 346 g/mol. The minimum atomic E-state index is -0.145. The normalized spacial score (nSPS) is 12.9. The van der Waals surface area contributed by atoms with Gasteiger partial charge >= 0.3 is 0 Å². The Morgan fingerprint density at radius 3 is 2.88 bits per heavy atom. The molecule has 0 radical (unpaired) electrons. The molecule has 2 N–H and O–H groups in total. The number of anilines is 2. The molecule has 6 heteroatoms. The van der Waals surface area contributed by atoms with Crippen LogP contribution in [0.25, 0.3) is 10.8 Å². The second-order valence-electron chi connectivity index (χ2n) is 6.32. The third-order valence-corrected chi connectivity index (χ3v) is 4.46. The summed E-state index contributed by atoms with van der Waals surface area (Å²) in [5, 5.41) is 7.94. The van der Waals surface area contributed by atoms with Crippen molar-refractivity contribution in [3.05, 3.63) is 65.9 Å². The van der Waals surface area contributed by atoms with Gasteiger partial charge in [0, 0.05) is 19.8 Å². The number of carbonyl (C=O) groups excluding carboxylic acids is 2. The molecule has 0 aliphatic carbocycles. The van der Waals surface area contributed by atoms with Crippen molar-refractivity contribution < 1.29 is 9.59 Å². The number of nitrogens with zero attached hydrogens (tertiary/aromatic N) is 2. The maximum absolute atomic E-state index is 12.8. The smallest absolute Gasteiger partial charge is 0.255 e. The SMILES string of the molecule is CN(Cc1cccc2ccccc12)C(=O)c1cnc2c(c1)NC(=O)CN2. The van der Waals surface area contributed by atoms with E-state index < -0.39 is 0 Å². The molecule has 0 saturated heterocycles. The van der Waals surface area contributed by atoms with Crippen molar-refractivity contribution in [1.29, 1.82) is 0 Å². The topological polar surface area (TPSA) is 74.3 Å². The van der Waals surface area contributed by atoms with Gasteiger partial charge in [-0.1, -0.05) is 42.5 Å². The van der Waals surface area contributed by atoms with Crippen LogP contribution in [-0.4, -0.2) is 35.3 Å². The Labute approximate surface area is 150 Å². The molecule has 1 aliphatic rings. The number of aromatic nitrogens is 1. The number of hydrogen-bond donors (Lipinski definition) is 2. The quantitative estimate of drug-likeness (QED) is 0.765. The highest BCUT2D eigenvalue weighted by Gasteiger charge is 2.19. The first-order chi connectivity index (χ1) is 12.6. The summed E-state index contributed by atoms with van der Waals surface area (Å²) < 4.78 is 0. The zero-order chi connectivity index (χ0) is 18.1. The number of rotatable bonds is 3. The van der Waals surface area contributed by atoms with Gasteiger partial charge in [-0.15, -0.1) is 0 Å². The number of amides is 2. The fourth-order valence-corrected chi connectivity index (χ4v) is 3.15. The van der Waals surface area contributed by atoms with Crippen molar-refractivity contribution in [2.24, 2.45) is 0 Å². The lowest BCUT2D eigenvalue weighted by Crippen LogP contribution is -2.30. The van der Waals surface area contributed by atoms with Crippen molar-refractivity contribution in [1.82, 2.24) is 9.88 Å². The van der Waals surface area contributed by atoms with Crippen LogP contribution in [-0.2, 0) is 11.3 Å². The summed E-state index contributed by atoms with van der Waals surface area (Å²) in [5.74, 6) is 0.291. The van der Waals surface area contributed by atoms with Gasteiger partial charge in [-0.05, 0) is 22.4 Å². The predicted molar refractivity (Wildman–Crippen MR) is 101 cm³/mol. The van der Waals surface area contributed by atoms with Crippen LogP contribution in [0.4, 0.5) is 11.5 Å². The molecule has 0 spiro atoms. The lowest BCUT2D eigenvalue weighted by molar-refractivity contribution is -0.114.